The Morgan fingerprint density at radius 2 is 2.00 bits per heavy atom. The van der Waals surface area contributed by atoms with Gasteiger partial charge < -0.3 is 4.74 Å². The van der Waals surface area contributed by atoms with E-state index in [-0.39, 0.29) is 0 Å². The lowest BCUT2D eigenvalue weighted by atomic mass is 9.86. The summed E-state index contributed by atoms with van der Waals surface area (Å²) >= 11 is 6.46. The van der Waals surface area contributed by atoms with Gasteiger partial charge in [-0.1, -0.05) is 11.6 Å². The molecule has 0 aromatic heterocycles. The van der Waals surface area contributed by atoms with Gasteiger partial charge in [-0.2, -0.15) is 0 Å². The third-order valence-electron chi connectivity index (χ3n) is 4.30. The van der Waals surface area contributed by atoms with Crippen molar-refractivity contribution in [2.45, 2.75) is 38.1 Å². The Bertz CT molecular complexity index is 440. The molecule has 1 aliphatic heterocycles. The van der Waals surface area contributed by atoms with E-state index in [0.29, 0.717) is 6.04 Å². The third-order valence-corrected chi connectivity index (χ3v) is 4.63. The Kier molecular flexibility index (Phi) is 3.49. The van der Waals surface area contributed by atoms with Crippen molar-refractivity contribution in [3.05, 3.63) is 28.3 Å². The summed E-state index contributed by atoms with van der Waals surface area (Å²) in [6.45, 7) is 2.44. The largest absolute Gasteiger partial charge is 0.496 e. The zero-order valence-electron chi connectivity index (χ0n) is 10.9. The first-order chi connectivity index (χ1) is 8.81. The molecule has 0 bridgehead atoms. The number of fused-ring (bicyclic) bond motifs is 1. The lowest BCUT2D eigenvalue weighted by Crippen LogP contribution is -2.29. The highest BCUT2D eigenvalue weighted by Crippen LogP contribution is 2.43. The van der Waals surface area contributed by atoms with E-state index in [1.807, 2.05) is 12.1 Å². The Morgan fingerprint density at radius 3 is 2.72 bits per heavy atom. The maximum atomic E-state index is 6.46. The first-order valence-electron chi connectivity index (χ1n) is 6.90. The summed E-state index contributed by atoms with van der Waals surface area (Å²) in [4.78, 5) is 2.60. The van der Waals surface area contributed by atoms with Gasteiger partial charge >= 0.3 is 0 Å². The van der Waals surface area contributed by atoms with E-state index in [2.05, 4.69) is 4.90 Å². The van der Waals surface area contributed by atoms with Crippen molar-refractivity contribution < 1.29 is 4.74 Å². The van der Waals surface area contributed by atoms with Gasteiger partial charge in [0.25, 0.3) is 0 Å². The lowest BCUT2D eigenvalue weighted by molar-refractivity contribution is 0.220. The molecule has 1 aromatic rings. The normalized spacial score (nSPS) is 24.0. The van der Waals surface area contributed by atoms with Gasteiger partial charge in [0.15, 0.2) is 0 Å². The van der Waals surface area contributed by atoms with Crippen molar-refractivity contribution in [1.82, 2.24) is 4.90 Å². The molecule has 1 aromatic carbocycles. The molecule has 3 rings (SSSR count). The highest BCUT2D eigenvalue weighted by atomic mass is 35.5. The predicted molar refractivity (Wildman–Crippen MR) is 74.5 cm³/mol. The maximum absolute atomic E-state index is 6.46. The maximum Gasteiger partial charge on any atom is 0.122 e. The summed E-state index contributed by atoms with van der Waals surface area (Å²) in [6.07, 6.45) is 6.23. The highest BCUT2D eigenvalue weighted by molar-refractivity contribution is 6.31. The molecule has 18 heavy (non-hydrogen) atoms. The molecule has 0 N–H and O–H groups in total. The molecule has 0 saturated carbocycles. The quantitative estimate of drug-likeness (QED) is 0.806. The number of hydrogen-bond acceptors (Lipinski definition) is 2. The lowest BCUT2D eigenvalue weighted by Gasteiger charge is -2.34. The molecule has 98 valence electrons. The van der Waals surface area contributed by atoms with Crippen LogP contribution in [-0.2, 0) is 6.42 Å². The van der Waals surface area contributed by atoms with Crippen LogP contribution in [0, 0.1) is 0 Å². The van der Waals surface area contributed by atoms with Crippen molar-refractivity contribution in [3.8, 4) is 5.75 Å². The minimum absolute atomic E-state index is 0.513. The molecule has 1 fully saturated rings. The van der Waals surface area contributed by atoms with E-state index in [1.54, 1.807) is 7.11 Å². The fourth-order valence-corrected chi connectivity index (χ4v) is 3.76. The molecular formula is C15H20ClNO. The van der Waals surface area contributed by atoms with Gasteiger partial charge in [-0.3, -0.25) is 4.90 Å². The number of rotatable bonds is 2. The van der Waals surface area contributed by atoms with Crippen LogP contribution in [0.5, 0.6) is 5.75 Å². The molecule has 1 atom stereocenters. The van der Waals surface area contributed by atoms with Crippen molar-refractivity contribution in [3.63, 3.8) is 0 Å². The van der Waals surface area contributed by atoms with Crippen LogP contribution in [0.25, 0.3) is 0 Å². The number of ether oxygens (including phenoxy) is 1. The molecular weight excluding hydrogens is 246 g/mol. The van der Waals surface area contributed by atoms with Crippen LogP contribution < -0.4 is 4.74 Å². The number of hydrogen-bond donors (Lipinski definition) is 0. The summed E-state index contributed by atoms with van der Waals surface area (Å²) in [5, 5.41) is 0.919. The van der Waals surface area contributed by atoms with E-state index in [4.69, 9.17) is 16.3 Å². The number of nitrogens with zero attached hydrogens (tertiary/aromatic N) is 1. The second kappa shape index (κ2) is 5.10. The first-order valence-corrected chi connectivity index (χ1v) is 7.28. The van der Waals surface area contributed by atoms with Gasteiger partial charge in [0.05, 0.1) is 7.11 Å². The number of halogens is 1. The number of benzene rings is 1. The fourth-order valence-electron chi connectivity index (χ4n) is 3.46. The summed E-state index contributed by atoms with van der Waals surface area (Å²) in [5.41, 5.74) is 2.68. The SMILES string of the molecule is COc1ccc(Cl)c2c1CCC[C@H]2N1CCCC1. The van der Waals surface area contributed by atoms with E-state index in [9.17, 15) is 0 Å². The van der Waals surface area contributed by atoms with Gasteiger partial charge in [0, 0.05) is 16.6 Å². The zero-order chi connectivity index (χ0) is 12.5. The number of likely N-dealkylation sites (tertiary alicyclic amines) is 1. The second-order valence-electron chi connectivity index (χ2n) is 5.29. The standard InChI is InChI=1S/C15H20ClNO/c1-18-14-8-7-12(16)15-11(14)5-4-6-13(15)17-9-2-3-10-17/h7-8,13H,2-6,9-10H2,1H3/t13-/m1/s1. The molecule has 0 unspecified atom stereocenters. The van der Waals surface area contributed by atoms with Crippen molar-refractivity contribution in [2.24, 2.45) is 0 Å². The van der Waals surface area contributed by atoms with Gasteiger partial charge in [0.2, 0.25) is 0 Å². The smallest absolute Gasteiger partial charge is 0.122 e. The summed E-state index contributed by atoms with van der Waals surface area (Å²) in [6, 6.07) is 4.51. The van der Waals surface area contributed by atoms with Crippen LogP contribution in [0.3, 0.4) is 0 Å². The topological polar surface area (TPSA) is 12.5 Å². The predicted octanol–water partition coefficient (Wildman–Crippen LogP) is 3.82. The third kappa shape index (κ3) is 2.02. The van der Waals surface area contributed by atoms with Crippen molar-refractivity contribution in [2.75, 3.05) is 20.2 Å². The van der Waals surface area contributed by atoms with E-state index in [1.165, 1.54) is 49.9 Å². The van der Waals surface area contributed by atoms with E-state index < -0.39 is 0 Å². The highest BCUT2D eigenvalue weighted by Gasteiger charge is 2.31. The Morgan fingerprint density at radius 1 is 1.22 bits per heavy atom. The summed E-state index contributed by atoms with van der Waals surface area (Å²) in [5.74, 6) is 1.01. The fraction of sp³-hybridized carbons (Fsp3) is 0.600. The van der Waals surface area contributed by atoms with Gasteiger partial charge in [0.1, 0.15) is 5.75 Å². The molecule has 1 saturated heterocycles. The minimum Gasteiger partial charge on any atom is -0.496 e. The van der Waals surface area contributed by atoms with Crippen LogP contribution >= 0.6 is 11.6 Å². The molecule has 2 aliphatic rings. The van der Waals surface area contributed by atoms with Gasteiger partial charge in [-0.05, 0) is 62.9 Å². The van der Waals surface area contributed by atoms with Crippen molar-refractivity contribution in [1.29, 1.82) is 0 Å². The molecule has 2 nitrogen and oxygen atoms in total. The van der Waals surface area contributed by atoms with Crippen LogP contribution in [0.15, 0.2) is 12.1 Å². The molecule has 1 heterocycles. The average molecular weight is 266 g/mol. The molecule has 0 radical (unpaired) electrons. The molecule has 1 aliphatic carbocycles. The monoisotopic (exact) mass is 265 g/mol. The van der Waals surface area contributed by atoms with Gasteiger partial charge in [-0.15, -0.1) is 0 Å². The van der Waals surface area contributed by atoms with Crippen LogP contribution in [-0.4, -0.2) is 25.1 Å². The average Bonchev–Trinajstić information content (AvgIpc) is 2.92. The Hall–Kier alpha value is -0.730. The Balaban J connectivity index is 2.03. The molecule has 0 amide bonds. The van der Waals surface area contributed by atoms with Crippen LogP contribution in [0.1, 0.15) is 42.9 Å². The summed E-state index contributed by atoms with van der Waals surface area (Å²) in [7, 11) is 1.75. The minimum atomic E-state index is 0.513. The van der Waals surface area contributed by atoms with Crippen LogP contribution in [0.2, 0.25) is 5.02 Å². The Labute approximate surface area is 114 Å². The van der Waals surface area contributed by atoms with Crippen molar-refractivity contribution >= 4 is 11.6 Å². The zero-order valence-corrected chi connectivity index (χ0v) is 11.7. The summed E-state index contributed by atoms with van der Waals surface area (Å²) < 4.78 is 5.50. The molecule has 0 spiro atoms. The molecule has 3 heteroatoms. The second-order valence-corrected chi connectivity index (χ2v) is 5.70. The van der Waals surface area contributed by atoms with E-state index in [0.717, 1.165) is 17.2 Å². The number of methoxy groups -OCH3 is 1. The van der Waals surface area contributed by atoms with Gasteiger partial charge in [-0.25, -0.2) is 0 Å². The first kappa shape index (κ1) is 12.3. The van der Waals surface area contributed by atoms with Crippen LogP contribution in [0.4, 0.5) is 0 Å². The van der Waals surface area contributed by atoms with E-state index >= 15 is 0 Å².